The van der Waals surface area contributed by atoms with Crippen LogP contribution in [-0.2, 0) is 28.8 Å². The van der Waals surface area contributed by atoms with E-state index in [0.717, 1.165) is 0 Å². The zero-order valence-corrected chi connectivity index (χ0v) is 20.1. The van der Waals surface area contributed by atoms with Crippen LogP contribution < -0.4 is 33.2 Å². The van der Waals surface area contributed by atoms with Gasteiger partial charge in [0.05, 0.1) is 6.04 Å². The minimum Gasteiger partial charge on any atom is -0.480 e. The molecule has 0 aliphatic heterocycles. The van der Waals surface area contributed by atoms with Crippen LogP contribution in [0.25, 0.3) is 0 Å². The molecule has 4 atom stereocenters. The number of aliphatic carboxylic acids is 1. The molecule has 0 bridgehead atoms. The Balaban J connectivity index is 5.40. The molecule has 0 radical (unpaired) electrons. The molecule has 0 aliphatic carbocycles. The van der Waals surface area contributed by atoms with Gasteiger partial charge < -0.3 is 38.3 Å². The highest BCUT2D eigenvalue weighted by atomic mass is 16.4. The van der Waals surface area contributed by atoms with Crippen LogP contribution in [0, 0.1) is 11.8 Å². The molecule has 0 rings (SSSR count). The number of rotatable bonds is 16. The van der Waals surface area contributed by atoms with Gasteiger partial charge in [-0.25, -0.2) is 4.79 Å². The van der Waals surface area contributed by atoms with E-state index in [-0.39, 0.29) is 38.0 Å². The second-order valence-electron chi connectivity index (χ2n) is 8.94. The van der Waals surface area contributed by atoms with Crippen molar-refractivity contribution in [3.63, 3.8) is 0 Å². The summed E-state index contributed by atoms with van der Waals surface area (Å²) in [7, 11) is 0. The lowest BCUT2D eigenvalue weighted by Gasteiger charge is -2.27. The number of carbonyl (C=O) groups is 6. The van der Waals surface area contributed by atoms with Crippen molar-refractivity contribution in [1.82, 2.24) is 16.0 Å². The van der Waals surface area contributed by atoms with Gasteiger partial charge in [-0.3, -0.25) is 24.0 Å². The zero-order chi connectivity index (χ0) is 26.6. The SMILES string of the molecule is CC(C)CC(NC(=O)C(N)CCC(N)=O)C(=O)NC(C(=O)NC(CCC(N)=O)C(=O)O)C(C)C. The molecular weight excluding hydrogens is 448 g/mol. The van der Waals surface area contributed by atoms with E-state index < -0.39 is 65.6 Å². The van der Waals surface area contributed by atoms with Crippen molar-refractivity contribution < 1.29 is 33.9 Å². The number of primary amides is 2. The first kappa shape index (κ1) is 30.8. The van der Waals surface area contributed by atoms with Crippen molar-refractivity contribution in [3.05, 3.63) is 0 Å². The topological polar surface area (TPSA) is 237 Å². The van der Waals surface area contributed by atoms with Gasteiger partial charge in [0.1, 0.15) is 18.1 Å². The summed E-state index contributed by atoms with van der Waals surface area (Å²) in [6.45, 7) is 6.98. The summed E-state index contributed by atoms with van der Waals surface area (Å²) in [6.07, 6.45) is -0.288. The first-order valence-electron chi connectivity index (χ1n) is 11.1. The predicted molar refractivity (Wildman–Crippen MR) is 123 cm³/mol. The first-order valence-corrected chi connectivity index (χ1v) is 11.1. The molecule has 13 heteroatoms. The fourth-order valence-electron chi connectivity index (χ4n) is 3.00. The van der Waals surface area contributed by atoms with Gasteiger partial charge in [-0.1, -0.05) is 27.7 Å². The maximum absolute atomic E-state index is 13.0. The molecule has 0 aromatic rings. The third-order valence-electron chi connectivity index (χ3n) is 4.92. The average molecular weight is 487 g/mol. The molecule has 0 aromatic carbocycles. The summed E-state index contributed by atoms with van der Waals surface area (Å²) < 4.78 is 0. The maximum Gasteiger partial charge on any atom is 0.326 e. The molecule has 5 amide bonds. The Kier molecular flexibility index (Phi) is 13.4. The lowest BCUT2D eigenvalue weighted by molar-refractivity contribution is -0.143. The Morgan fingerprint density at radius 3 is 1.68 bits per heavy atom. The standard InChI is InChI=1S/C21H38N6O7/c1-10(2)9-14(26-18(30)12(22)5-7-15(23)28)19(31)27-17(11(3)4)20(32)25-13(21(33)34)6-8-16(24)29/h10-14,17H,5-9,22H2,1-4H3,(H2,23,28)(H2,24,29)(H,25,32)(H,26,30)(H,27,31)(H,33,34). The summed E-state index contributed by atoms with van der Waals surface area (Å²) >= 11 is 0. The molecule has 0 aliphatic rings. The van der Waals surface area contributed by atoms with Gasteiger partial charge in [-0.15, -0.1) is 0 Å². The average Bonchev–Trinajstić information content (AvgIpc) is 2.71. The van der Waals surface area contributed by atoms with Crippen LogP contribution in [0.15, 0.2) is 0 Å². The van der Waals surface area contributed by atoms with Crippen molar-refractivity contribution in [2.45, 2.75) is 84.0 Å². The number of carbonyl (C=O) groups excluding carboxylic acids is 5. The van der Waals surface area contributed by atoms with E-state index in [0.29, 0.717) is 0 Å². The fraction of sp³-hybridized carbons (Fsp3) is 0.714. The lowest BCUT2D eigenvalue weighted by Crippen LogP contribution is -2.58. The van der Waals surface area contributed by atoms with Crippen LogP contribution in [0.5, 0.6) is 0 Å². The lowest BCUT2D eigenvalue weighted by atomic mass is 9.99. The molecule has 0 saturated heterocycles. The Labute approximate surface area is 198 Å². The van der Waals surface area contributed by atoms with Crippen LogP contribution >= 0.6 is 0 Å². The molecule has 13 nitrogen and oxygen atoms in total. The second-order valence-corrected chi connectivity index (χ2v) is 8.94. The Hall–Kier alpha value is -3.22. The summed E-state index contributed by atoms with van der Waals surface area (Å²) in [5, 5.41) is 16.7. The van der Waals surface area contributed by atoms with Gasteiger partial charge >= 0.3 is 5.97 Å². The smallest absolute Gasteiger partial charge is 0.326 e. The van der Waals surface area contributed by atoms with Crippen molar-refractivity contribution in [3.8, 4) is 0 Å². The van der Waals surface area contributed by atoms with Crippen molar-refractivity contribution in [2.24, 2.45) is 29.0 Å². The molecule has 34 heavy (non-hydrogen) atoms. The molecule has 0 heterocycles. The van der Waals surface area contributed by atoms with Crippen LogP contribution in [0.2, 0.25) is 0 Å². The van der Waals surface area contributed by atoms with E-state index in [1.54, 1.807) is 13.8 Å². The highest BCUT2D eigenvalue weighted by Crippen LogP contribution is 2.09. The van der Waals surface area contributed by atoms with Crippen LogP contribution in [-0.4, -0.2) is 64.8 Å². The second kappa shape index (κ2) is 14.8. The van der Waals surface area contributed by atoms with Crippen LogP contribution in [0.1, 0.15) is 59.8 Å². The van der Waals surface area contributed by atoms with Gasteiger partial charge in [0, 0.05) is 12.8 Å². The van der Waals surface area contributed by atoms with Crippen LogP contribution in [0.3, 0.4) is 0 Å². The van der Waals surface area contributed by atoms with E-state index in [1.807, 2.05) is 13.8 Å². The molecule has 0 spiro atoms. The van der Waals surface area contributed by atoms with Gasteiger partial charge in [0.15, 0.2) is 0 Å². The van der Waals surface area contributed by atoms with Gasteiger partial charge in [0.25, 0.3) is 0 Å². The van der Waals surface area contributed by atoms with E-state index in [1.165, 1.54) is 0 Å². The van der Waals surface area contributed by atoms with E-state index in [9.17, 15) is 33.9 Å². The summed E-state index contributed by atoms with van der Waals surface area (Å²) in [6, 6.07) is -4.56. The normalized spacial score (nSPS) is 14.6. The van der Waals surface area contributed by atoms with Crippen molar-refractivity contribution >= 4 is 35.5 Å². The monoisotopic (exact) mass is 486 g/mol. The van der Waals surface area contributed by atoms with E-state index in [2.05, 4.69) is 16.0 Å². The summed E-state index contributed by atoms with van der Waals surface area (Å²) in [5.74, 6) is -5.16. The minimum atomic E-state index is -1.37. The highest BCUT2D eigenvalue weighted by Gasteiger charge is 2.32. The Morgan fingerprint density at radius 1 is 0.735 bits per heavy atom. The van der Waals surface area contributed by atoms with Gasteiger partial charge in [0.2, 0.25) is 29.5 Å². The number of amides is 5. The van der Waals surface area contributed by atoms with Crippen molar-refractivity contribution in [2.75, 3.05) is 0 Å². The largest absolute Gasteiger partial charge is 0.480 e. The number of carboxylic acid groups (broad SMARTS) is 1. The molecule has 0 saturated carbocycles. The third kappa shape index (κ3) is 12.1. The van der Waals surface area contributed by atoms with E-state index in [4.69, 9.17) is 17.2 Å². The molecule has 10 N–H and O–H groups in total. The highest BCUT2D eigenvalue weighted by molar-refractivity contribution is 5.94. The first-order chi connectivity index (χ1) is 15.6. The van der Waals surface area contributed by atoms with Gasteiger partial charge in [-0.05, 0) is 31.1 Å². The molecular formula is C21H38N6O7. The molecule has 0 aromatic heterocycles. The Bertz CT molecular complexity index is 756. The van der Waals surface area contributed by atoms with Gasteiger partial charge in [-0.2, -0.15) is 0 Å². The third-order valence-corrected chi connectivity index (χ3v) is 4.92. The van der Waals surface area contributed by atoms with E-state index >= 15 is 0 Å². The predicted octanol–water partition coefficient (Wildman–Crippen LogP) is -1.91. The summed E-state index contributed by atoms with van der Waals surface area (Å²) in [5.41, 5.74) is 15.9. The van der Waals surface area contributed by atoms with Crippen LogP contribution in [0.4, 0.5) is 0 Å². The Morgan fingerprint density at radius 2 is 1.24 bits per heavy atom. The number of hydrogen-bond donors (Lipinski definition) is 7. The fourth-order valence-corrected chi connectivity index (χ4v) is 3.00. The molecule has 4 unspecified atom stereocenters. The zero-order valence-electron chi connectivity index (χ0n) is 20.1. The minimum absolute atomic E-state index is 0.00517. The number of nitrogens with two attached hydrogens (primary N) is 3. The quantitative estimate of drug-likeness (QED) is 0.129. The molecule has 0 fully saturated rings. The summed E-state index contributed by atoms with van der Waals surface area (Å²) in [4.78, 5) is 71.4. The number of nitrogens with one attached hydrogen (secondary N) is 3. The number of carboxylic acids is 1. The maximum atomic E-state index is 13.0. The number of hydrogen-bond acceptors (Lipinski definition) is 7. The molecule has 194 valence electrons. The van der Waals surface area contributed by atoms with Crippen molar-refractivity contribution in [1.29, 1.82) is 0 Å².